The summed E-state index contributed by atoms with van der Waals surface area (Å²) >= 11 is 6.76. The Kier molecular flexibility index (Phi) is 4.78. The van der Waals surface area contributed by atoms with Gasteiger partial charge in [0.1, 0.15) is 12.0 Å². The summed E-state index contributed by atoms with van der Waals surface area (Å²) in [6, 6.07) is 1.51. The maximum Gasteiger partial charge on any atom is 0.415 e. The van der Waals surface area contributed by atoms with Crippen molar-refractivity contribution >= 4 is 35.1 Å². The van der Waals surface area contributed by atoms with E-state index in [1.807, 2.05) is 6.92 Å². The normalized spacial score (nSPS) is 38.3. The van der Waals surface area contributed by atoms with E-state index >= 15 is 0 Å². The van der Waals surface area contributed by atoms with Crippen molar-refractivity contribution in [3.63, 3.8) is 0 Å². The topological polar surface area (TPSA) is 104 Å². The Labute approximate surface area is 219 Å². The van der Waals surface area contributed by atoms with Crippen LogP contribution in [0.5, 0.6) is 11.5 Å². The largest absolute Gasteiger partial charge is 0.467 e. The van der Waals surface area contributed by atoms with Gasteiger partial charge < -0.3 is 23.7 Å². The van der Waals surface area contributed by atoms with Gasteiger partial charge in [0.25, 0.3) is 0 Å². The van der Waals surface area contributed by atoms with Crippen molar-refractivity contribution in [1.82, 2.24) is 4.90 Å². The Morgan fingerprint density at radius 2 is 1.95 bits per heavy atom. The number of carbonyl (C=O) groups is 3. The molecule has 7 rings (SSSR count). The number of ketones is 1. The minimum Gasteiger partial charge on any atom is -0.467 e. The highest BCUT2D eigenvalue weighted by Gasteiger charge is 2.87. The second-order valence-corrected chi connectivity index (χ2v) is 11.3. The molecule has 0 aromatic heterocycles. The third-order valence-corrected chi connectivity index (χ3v) is 10.2. The van der Waals surface area contributed by atoms with Crippen molar-refractivity contribution in [1.29, 1.82) is 0 Å². The number of benzene rings is 1. The number of nitrogens with zero attached hydrogens (tertiary/aromatic N) is 2. The second-order valence-electron chi connectivity index (χ2n) is 10.9. The zero-order valence-electron chi connectivity index (χ0n) is 21.0. The van der Waals surface area contributed by atoms with Gasteiger partial charge in [-0.25, -0.2) is 9.59 Å². The number of ether oxygens (including phenoxy) is 5. The molecule has 198 valence electrons. The predicted molar refractivity (Wildman–Crippen MR) is 129 cm³/mol. The molecule has 0 unspecified atom stereocenters. The molecule has 0 N–H and O–H groups in total. The first-order valence-corrected chi connectivity index (χ1v) is 13.2. The van der Waals surface area contributed by atoms with Crippen molar-refractivity contribution in [3.8, 4) is 11.5 Å². The number of fused-ring (bicyclic) bond motifs is 3. The first-order chi connectivity index (χ1) is 17.8. The monoisotopic (exact) mass is 532 g/mol. The van der Waals surface area contributed by atoms with E-state index in [2.05, 4.69) is 4.90 Å². The van der Waals surface area contributed by atoms with Crippen LogP contribution >= 0.6 is 11.6 Å². The van der Waals surface area contributed by atoms with E-state index in [4.69, 9.17) is 35.3 Å². The molecule has 37 heavy (non-hydrogen) atoms. The van der Waals surface area contributed by atoms with E-state index in [0.29, 0.717) is 47.9 Å². The maximum absolute atomic E-state index is 14.3. The van der Waals surface area contributed by atoms with Gasteiger partial charge >= 0.3 is 12.1 Å². The lowest BCUT2D eigenvalue weighted by molar-refractivity contribution is -0.166. The fourth-order valence-electron chi connectivity index (χ4n) is 9.17. The molecule has 4 bridgehead atoms. The molecule has 6 atom stereocenters. The number of rotatable bonds is 3. The second kappa shape index (κ2) is 7.51. The quantitative estimate of drug-likeness (QED) is 0.543. The van der Waals surface area contributed by atoms with Crippen molar-refractivity contribution in [2.75, 3.05) is 39.1 Å². The van der Waals surface area contributed by atoms with Gasteiger partial charge in [-0.3, -0.25) is 14.6 Å². The number of amides is 1. The van der Waals surface area contributed by atoms with Crippen LogP contribution in [0.15, 0.2) is 6.07 Å². The number of anilines is 1. The lowest BCUT2D eigenvalue weighted by Gasteiger charge is -2.64. The number of Topliss-reactive ketones (excluding diaryl/α,β-unsaturated/α-hetero) is 1. The van der Waals surface area contributed by atoms with Gasteiger partial charge in [-0.1, -0.05) is 11.6 Å². The Hall–Kier alpha value is -2.56. The summed E-state index contributed by atoms with van der Waals surface area (Å²) in [5, 5.41) is 0.302. The molecule has 2 aliphatic carbocycles. The van der Waals surface area contributed by atoms with Crippen LogP contribution in [-0.4, -0.2) is 74.7 Å². The van der Waals surface area contributed by atoms with Gasteiger partial charge in [0.05, 0.1) is 36.3 Å². The molecule has 6 aliphatic rings. The van der Waals surface area contributed by atoms with E-state index in [9.17, 15) is 14.4 Å². The minimum atomic E-state index is -1.56. The third-order valence-electron chi connectivity index (χ3n) is 9.92. The molecule has 1 amide bonds. The molecule has 10 nitrogen and oxygen atoms in total. The van der Waals surface area contributed by atoms with Crippen LogP contribution in [0.3, 0.4) is 0 Å². The zero-order valence-corrected chi connectivity index (χ0v) is 21.8. The lowest BCUT2D eigenvalue weighted by atomic mass is 9.41. The summed E-state index contributed by atoms with van der Waals surface area (Å²) in [6.45, 7) is 2.96. The van der Waals surface area contributed by atoms with Crippen LogP contribution in [-0.2, 0) is 29.2 Å². The molecule has 2 saturated heterocycles. The number of hydrogen-bond acceptors (Lipinski definition) is 9. The number of esters is 1. The summed E-state index contributed by atoms with van der Waals surface area (Å²) in [5.41, 5.74) is -2.09. The molecule has 0 radical (unpaired) electrons. The van der Waals surface area contributed by atoms with Crippen molar-refractivity contribution < 1.29 is 38.1 Å². The van der Waals surface area contributed by atoms with Crippen molar-refractivity contribution in [3.05, 3.63) is 16.7 Å². The summed E-state index contributed by atoms with van der Waals surface area (Å²) in [4.78, 5) is 45.8. The van der Waals surface area contributed by atoms with Crippen LogP contribution in [0.25, 0.3) is 0 Å². The zero-order chi connectivity index (χ0) is 25.9. The predicted octanol–water partition coefficient (Wildman–Crippen LogP) is 3.01. The Morgan fingerprint density at radius 1 is 1.16 bits per heavy atom. The molecule has 1 spiro atoms. The molecule has 1 aromatic carbocycles. The maximum atomic E-state index is 14.3. The molecule has 4 heterocycles. The number of methoxy groups -OCH3 is 2. The summed E-state index contributed by atoms with van der Waals surface area (Å²) in [5.74, 6) is -0.685. The van der Waals surface area contributed by atoms with Gasteiger partial charge in [-0.15, -0.1) is 0 Å². The smallest absolute Gasteiger partial charge is 0.415 e. The molecule has 4 aliphatic heterocycles. The fourth-order valence-corrected chi connectivity index (χ4v) is 9.42. The van der Waals surface area contributed by atoms with E-state index in [1.165, 1.54) is 19.1 Å². The van der Waals surface area contributed by atoms with Gasteiger partial charge in [0.15, 0.2) is 17.0 Å². The summed E-state index contributed by atoms with van der Waals surface area (Å²) in [7, 11) is 2.59. The van der Waals surface area contributed by atoms with Crippen LogP contribution in [0.4, 0.5) is 10.5 Å². The Morgan fingerprint density at radius 3 is 2.68 bits per heavy atom. The number of piperidine rings is 1. The summed E-state index contributed by atoms with van der Waals surface area (Å²) < 4.78 is 28.7. The average molecular weight is 533 g/mol. The van der Waals surface area contributed by atoms with E-state index < -0.39 is 35.2 Å². The Balaban J connectivity index is 1.65. The molecule has 2 saturated carbocycles. The SMILES string of the molecule is CCO[C@H]1[C@@H]2C(=O)C[C@]34CCCN1[C@@H]3[C@]21c2cc(Cl)c3c(c2N(C(=O)OC)[C@@]1(C(=O)OC)CC4)OCO3. The molecular weight excluding hydrogens is 504 g/mol. The van der Waals surface area contributed by atoms with Crippen LogP contribution in [0.1, 0.15) is 44.6 Å². The van der Waals surface area contributed by atoms with Gasteiger partial charge in [-0.2, -0.15) is 0 Å². The van der Waals surface area contributed by atoms with Crippen LogP contribution in [0, 0.1) is 11.3 Å². The lowest BCUT2D eigenvalue weighted by Crippen LogP contribution is -2.78. The minimum absolute atomic E-state index is 0.0403. The molecule has 4 fully saturated rings. The molecule has 1 aromatic rings. The van der Waals surface area contributed by atoms with Gasteiger partial charge in [0, 0.05) is 25.6 Å². The fraction of sp³-hybridized carbons (Fsp3) is 0.654. The first kappa shape index (κ1) is 23.5. The summed E-state index contributed by atoms with van der Waals surface area (Å²) in [6.07, 6.45) is 1.83. The van der Waals surface area contributed by atoms with Crippen molar-refractivity contribution in [2.24, 2.45) is 11.3 Å². The van der Waals surface area contributed by atoms with Gasteiger partial charge in [0.2, 0.25) is 6.79 Å². The highest BCUT2D eigenvalue weighted by Crippen LogP contribution is 2.77. The molecular formula is C26H29ClN2O8. The average Bonchev–Trinajstić information content (AvgIpc) is 3.55. The highest BCUT2D eigenvalue weighted by molar-refractivity contribution is 6.33. The molecule has 11 heteroatoms. The number of carbonyl (C=O) groups excluding carboxylic acids is 3. The highest BCUT2D eigenvalue weighted by atomic mass is 35.5. The van der Waals surface area contributed by atoms with Crippen molar-refractivity contribution in [2.45, 2.75) is 62.3 Å². The standard InChI is InChI=1S/C26H29ClN2O8/c1-4-35-20-16-15(30)11-24-6-5-9-28(20)21(24)26(16)13-10-14(27)18-19(37-12-36-18)17(13)29(23(32)34-3)25(26,8-7-24)22(31)33-2/h10,16,20-21H,4-9,11-12H2,1-3H3/t16-,20-,21-,24+,25+,26-/m0/s1. The van der Waals surface area contributed by atoms with Gasteiger partial charge in [-0.05, 0) is 49.7 Å². The van der Waals surface area contributed by atoms with E-state index in [0.717, 1.165) is 19.4 Å². The van der Waals surface area contributed by atoms with Crippen LogP contribution in [0.2, 0.25) is 5.02 Å². The van der Waals surface area contributed by atoms with E-state index in [-0.39, 0.29) is 29.8 Å². The number of halogens is 1. The number of hydrogen-bond donors (Lipinski definition) is 0. The Bertz CT molecular complexity index is 1260. The third kappa shape index (κ3) is 2.36. The van der Waals surface area contributed by atoms with E-state index in [1.54, 1.807) is 6.07 Å². The first-order valence-electron chi connectivity index (χ1n) is 12.8. The van der Waals surface area contributed by atoms with Crippen LogP contribution < -0.4 is 14.4 Å².